The molecule has 4 aromatic heterocycles. The van der Waals surface area contributed by atoms with Crippen LogP contribution in [0.4, 0.5) is 0 Å². The van der Waals surface area contributed by atoms with Crippen molar-refractivity contribution in [2.75, 3.05) is 0 Å². The van der Waals surface area contributed by atoms with E-state index in [1.54, 1.807) is 6.20 Å². The van der Waals surface area contributed by atoms with Crippen molar-refractivity contribution in [3.8, 4) is 51.0 Å². The molecule has 10 rings (SSSR count). The van der Waals surface area contributed by atoms with Gasteiger partial charge in [0.25, 0.3) is 0 Å². The van der Waals surface area contributed by atoms with Gasteiger partial charge in [0.15, 0.2) is 11.6 Å². The number of furan rings is 1. The zero-order valence-electron chi connectivity index (χ0n) is 26.7. The third-order valence-corrected chi connectivity index (χ3v) is 9.38. The van der Waals surface area contributed by atoms with Crippen LogP contribution in [0.2, 0.25) is 0 Å². The molecular weight excluding hydrogens is 615 g/mol. The van der Waals surface area contributed by atoms with Gasteiger partial charge in [-0.3, -0.25) is 4.57 Å². The van der Waals surface area contributed by atoms with Crippen LogP contribution in [0, 0.1) is 0 Å². The Morgan fingerprint density at radius 3 is 1.88 bits per heavy atom. The Kier molecular flexibility index (Phi) is 6.39. The maximum absolute atomic E-state index is 6.15. The lowest BCUT2D eigenvalue weighted by molar-refractivity contribution is 0.654. The van der Waals surface area contributed by atoms with Gasteiger partial charge in [0, 0.05) is 33.5 Å². The third kappa shape index (κ3) is 4.50. The van der Waals surface area contributed by atoms with Crippen LogP contribution >= 0.6 is 0 Å². The van der Waals surface area contributed by atoms with Crippen LogP contribution in [-0.4, -0.2) is 24.5 Å². The first-order valence-electron chi connectivity index (χ1n) is 16.6. The maximum Gasteiger partial charge on any atom is 0.238 e. The number of pyridine rings is 1. The Morgan fingerprint density at radius 1 is 0.420 bits per heavy atom. The molecule has 0 aliphatic carbocycles. The summed E-state index contributed by atoms with van der Waals surface area (Å²) >= 11 is 0. The fraction of sp³-hybridized carbons (Fsp3) is 0. The van der Waals surface area contributed by atoms with E-state index in [1.807, 2.05) is 66.7 Å². The van der Waals surface area contributed by atoms with Crippen molar-refractivity contribution < 1.29 is 4.42 Å². The van der Waals surface area contributed by atoms with Crippen molar-refractivity contribution in [1.82, 2.24) is 24.5 Å². The molecule has 0 saturated carbocycles. The average Bonchev–Trinajstić information content (AvgIpc) is 3.75. The van der Waals surface area contributed by atoms with Crippen molar-refractivity contribution >= 4 is 43.9 Å². The normalized spacial score (nSPS) is 11.6. The zero-order chi connectivity index (χ0) is 33.0. The third-order valence-electron chi connectivity index (χ3n) is 9.38. The van der Waals surface area contributed by atoms with Crippen molar-refractivity contribution in [2.24, 2.45) is 0 Å². The molecule has 0 N–H and O–H groups in total. The fourth-order valence-electron chi connectivity index (χ4n) is 7.08. The molecule has 0 radical (unpaired) electrons. The molecule has 0 saturated heterocycles. The predicted octanol–water partition coefficient (Wildman–Crippen LogP) is 10.9. The Bertz CT molecular complexity index is 2860. The number of fused-ring (bicyclic) bond motifs is 6. The number of rotatable bonds is 5. The van der Waals surface area contributed by atoms with Crippen LogP contribution < -0.4 is 0 Å². The molecule has 0 aliphatic rings. The first-order valence-corrected chi connectivity index (χ1v) is 16.6. The SMILES string of the molecule is c1ccc(-c2ccc(-c3cccc4c3c3ccccc3n4-c3nc(-c4ccccc4)nc(-c4ccnc5oc6ccccc6c45)n3)cc2)cc1. The predicted molar refractivity (Wildman–Crippen MR) is 201 cm³/mol. The first kappa shape index (κ1) is 28.1. The highest BCUT2D eigenvalue weighted by atomic mass is 16.3. The highest BCUT2D eigenvalue weighted by Crippen LogP contribution is 2.40. The van der Waals surface area contributed by atoms with Gasteiger partial charge in [0.1, 0.15) is 5.58 Å². The van der Waals surface area contributed by atoms with Crippen LogP contribution in [0.5, 0.6) is 0 Å². The molecule has 0 aliphatic heterocycles. The minimum absolute atomic E-state index is 0.536. The van der Waals surface area contributed by atoms with E-state index in [9.17, 15) is 0 Å². The summed E-state index contributed by atoms with van der Waals surface area (Å²) in [5.74, 6) is 1.67. The van der Waals surface area contributed by atoms with E-state index in [0.29, 0.717) is 23.3 Å². The van der Waals surface area contributed by atoms with Crippen LogP contribution in [0.25, 0.3) is 94.9 Å². The largest absolute Gasteiger partial charge is 0.438 e. The van der Waals surface area contributed by atoms with Crippen molar-refractivity contribution in [2.45, 2.75) is 0 Å². The number of benzene rings is 6. The van der Waals surface area contributed by atoms with E-state index in [4.69, 9.17) is 19.4 Å². The van der Waals surface area contributed by atoms with E-state index < -0.39 is 0 Å². The zero-order valence-corrected chi connectivity index (χ0v) is 26.7. The molecule has 6 heteroatoms. The van der Waals surface area contributed by atoms with E-state index in [0.717, 1.165) is 60.4 Å². The van der Waals surface area contributed by atoms with Gasteiger partial charge >= 0.3 is 0 Å². The second-order valence-electron chi connectivity index (χ2n) is 12.3. The van der Waals surface area contributed by atoms with Crippen molar-refractivity contribution in [1.29, 1.82) is 0 Å². The highest BCUT2D eigenvalue weighted by Gasteiger charge is 2.22. The van der Waals surface area contributed by atoms with E-state index >= 15 is 0 Å². The van der Waals surface area contributed by atoms with Crippen molar-refractivity contribution in [3.63, 3.8) is 0 Å². The first-order chi connectivity index (χ1) is 24.8. The summed E-state index contributed by atoms with van der Waals surface area (Å²) < 4.78 is 8.31. The van der Waals surface area contributed by atoms with Crippen LogP contribution in [0.15, 0.2) is 168 Å². The molecule has 0 bridgehead atoms. The van der Waals surface area contributed by atoms with Gasteiger partial charge in [-0.15, -0.1) is 0 Å². The van der Waals surface area contributed by atoms with E-state index in [-0.39, 0.29) is 0 Å². The number of hydrogen-bond acceptors (Lipinski definition) is 5. The standard InChI is InChI=1S/C44H27N5O/c1-3-12-28(13-4-1)29-22-24-30(25-23-29)32-18-11-20-37-39(32)33-16-7-9-19-36(33)49(37)44-47-41(31-14-5-2-6-15-31)46-42(48-44)35-26-27-45-43-40(35)34-17-8-10-21-38(34)50-43/h1-27H. The van der Waals surface area contributed by atoms with E-state index in [1.165, 1.54) is 11.1 Å². The van der Waals surface area contributed by atoms with Gasteiger partial charge < -0.3 is 4.42 Å². The second kappa shape index (κ2) is 11.4. The Balaban J connectivity index is 1.23. The van der Waals surface area contributed by atoms with Gasteiger partial charge in [-0.2, -0.15) is 9.97 Å². The smallest absolute Gasteiger partial charge is 0.238 e. The van der Waals surface area contributed by atoms with Gasteiger partial charge in [-0.25, -0.2) is 9.97 Å². The molecule has 10 aromatic rings. The molecule has 50 heavy (non-hydrogen) atoms. The highest BCUT2D eigenvalue weighted by molar-refractivity contribution is 6.16. The topological polar surface area (TPSA) is 69.6 Å². The fourth-order valence-corrected chi connectivity index (χ4v) is 7.08. The molecular formula is C44H27N5O. The van der Waals surface area contributed by atoms with Gasteiger partial charge in [-0.1, -0.05) is 133 Å². The van der Waals surface area contributed by atoms with Crippen LogP contribution in [0.1, 0.15) is 0 Å². The maximum atomic E-state index is 6.15. The monoisotopic (exact) mass is 641 g/mol. The summed E-state index contributed by atoms with van der Waals surface area (Å²) in [7, 11) is 0. The molecule has 6 aromatic carbocycles. The lowest BCUT2D eigenvalue weighted by Gasteiger charge is -2.11. The van der Waals surface area contributed by atoms with E-state index in [2.05, 4.69) is 101 Å². The molecule has 0 amide bonds. The molecule has 0 spiro atoms. The van der Waals surface area contributed by atoms with Crippen molar-refractivity contribution in [3.05, 3.63) is 164 Å². The molecule has 0 unspecified atom stereocenters. The molecule has 6 nitrogen and oxygen atoms in total. The summed E-state index contributed by atoms with van der Waals surface area (Å²) in [6.45, 7) is 0. The molecule has 0 atom stereocenters. The summed E-state index contributed by atoms with van der Waals surface area (Å²) in [5, 5.41) is 4.11. The minimum atomic E-state index is 0.536. The Morgan fingerprint density at radius 2 is 1.06 bits per heavy atom. The van der Waals surface area contributed by atoms with Gasteiger partial charge in [0.2, 0.25) is 11.7 Å². The lowest BCUT2D eigenvalue weighted by atomic mass is 9.97. The number of nitrogens with zero attached hydrogens (tertiary/aromatic N) is 5. The Labute approximate surface area is 287 Å². The quantitative estimate of drug-likeness (QED) is 0.187. The average molecular weight is 642 g/mol. The summed E-state index contributed by atoms with van der Waals surface area (Å²) in [6, 6.07) is 54.2. The van der Waals surface area contributed by atoms with Gasteiger partial charge in [-0.05, 0) is 46.5 Å². The van der Waals surface area contributed by atoms with Crippen LogP contribution in [-0.2, 0) is 0 Å². The molecule has 0 fully saturated rings. The molecule has 4 heterocycles. The second-order valence-corrected chi connectivity index (χ2v) is 12.3. The number of para-hydroxylation sites is 2. The summed E-state index contributed by atoms with van der Waals surface area (Å²) in [4.78, 5) is 20.0. The summed E-state index contributed by atoms with van der Waals surface area (Å²) in [5.41, 5.74) is 9.76. The minimum Gasteiger partial charge on any atom is -0.438 e. The van der Waals surface area contributed by atoms with Crippen LogP contribution in [0.3, 0.4) is 0 Å². The van der Waals surface area contributed by atoms with Gasteiger partial charge in [0.05, 0.1) is 16.4 Å². The summed E-state index contributed by atoms with van der Waals surface area (Å²) in [6.07, 6.45) is 1.75. The molecule has 234 valence electrons. The number of hydrogen-bond donors (Lipinski definition) is 0. The lowest BCUT2D eigenvalue weighted by Crippen LogP contribution is -2.06. The number of aromatic nitrogens is 5. The Hall–Kier alpha value is -6.92.